The average molecular weight is 496 g/mol. The Labute approximate surface area is 213 Å². The van der Waals surface area contributed by atoms with Crippen molar-refractivity contribution in [1.29, 1.82) is 0 Å². The Bertz CT molecular complexity index is 1130. The van der Waals surface area contributed by atoms with Gasteiger partial charge in [0.1, 0.15) is 0 Å². The van der Waals surface area contributed by atoms with Gasteiger partial charge < -0.3 is 4.90 Å². The highest BCUT2D eigenvalue weighted by atomic mass is 35.5. The van der Waals surface area contributed by atoms with Gasteiger partial charge in [-0.3, -0.25) is 9.69 Å². The Balaban J connectivity index is 1.72. The maximum Gasteiger partial charge on any atom is 0.266 e. The van der Waals surface area contributed by atoms with Crippen LogP contribution in [-0.4, -0.2) is 34.6 Å². The molecule has 0 aromatic heterocycles. The van der Waals surface area contributed by atoms with Crippen molar-refractivity contribution in [2.24, 2.45) is 4.99 Å². The van der Waals surface area contributed by atoms with Crippen LogP contribution in [0.1, 0.15) is 70.9 Å². The molecule has 0 radical (unpaired) electrons. The van der Waals surface area contributed by atoms with E-state index in [1.807, 2.05) is 36.4 Å². The lowest BCUT2D eigenvalue weighted by molar-refractivity contribution is -0.122. The molecule has 1 unspecified atom stereocenters. The second kappa shape index (κ2) is 10.2. The van der Waals surface area contributed by atoms with Crippen molar-refractivity contribution in [3.63, 3.8) is 0 Å². The van der Waals surface area contributed by atoms with E-state index in [2.05, 4.69) is 51.7 Å². The zero-order valence-corrected chi connectivity index (χ0v) is 22.3. The summed E-state index contributed by atoms with van der Waals surface area (Å²) in [6.45, 7) is 12.9. The van der Waals surface area contributed by atoms with Gasteiger partial charge in [0, 0.05) is 29.3 Å². The first kappa shape index (κ1) is 24.9. The summed E-state index contributed by atoms with van der Waals surface area (Å²) in [5.74, 6) is 0.420. The van der Waals surface area contributed by atoms with Crippen molar-refractivity contribution >= 4 is 51.9 Å². The van der Waals surface area contributed by atoms with E-state index in [4.69, 9.17) is 16.6 Å². The number of hydrogen-bond donors (Lipinski definition) is 0. The molecule has 6 heteroatoms. The van der Waals surface area contributed by atoms with E-state index in [1.54, 1.807) is 4.90 Å². The Morgan fingerprint density at radius 1 is 1.15 bits per heavy atom. The van der Waals surface area contributed by atoms with Gasteiger partial charge in [0.15, 0.2) is 5.17 Å². The van der Waals surface area contributed by atoms with Crippen molar-refractivity contribution < 1.29 is 4.79 Å². The van der Waals surface area contributed by atoms with Crippen LogP contribution >= 0.6 is 23.4 Å². The number of para-hydroxylation sites is 1. The number of rotatable bonds is 6. The minimum absolute atomic E-state index is 0.00268. The van der Waals surface area contributed by atoms with Crippen molar-refractivity contribution in [2.75, 3.05) is 18.0 Å². The number of hydrogen-bond acceptors (Lipinski definition) is 4. The van der Waals surface area contributed by atoms with Crippen molar-refractivity contribution in [2.45, 2.75) is 65.3 Å². The number of halogens is 1. The minimum Gasteiger partial charge on any atom is -0.366 e. The van der Waals surface area contributed by atoms with Crippen LogP contribution in [0.15, 0.2) is 52.4 Å². The predicted octanol–water partition coefficient (Wildman–Crippen LogP) is 7.86. The molecule has 1 amide bonds. The predicted molar refractivity (Wildman–Crippen MR) is 147 cm³/mol. The molecule has 2 aromatic carbocycles. The molecule has 1 saturated heterocycles. The SMILES string of the molecule is CCCN1C(=O)/C(=C\c2cc3c(cc2Cl)N(CCC)C(C)(C)CC3C)SC1=Nc1ccccc1. The molecule has 2 heterocycles. The highest BCUT2D eigenvalue weighted by Crippen LogP contribution is 2.46. The number of carbonyl (C=O) groups is 1. The molecule has 0 bridgehead atoms. The smallest absolute Gasteiger partial charge is 0.266 e. The lowest BCUT2D eigenvalue weighted by Gasteiger charge is -2.47. The van der Waals surface area contributed by atoms with Crippen LogP contribution in [0, 0.1) is 0 Å². The fourth-order valence-electron chi connectivity index (χ4n) is 5.04. The summed E-state index contributed by atoms with van der Waals surface area (Å²) >= 11 is 8.25. The number of amidine groups is 1. The van der Waals surface area contributed by atoms with E-state index in [0.29, 0.717) is 22.4 Å². The van der Waals surface area contributed by atoms with Gasteiger partial charge in [0.05, 0.1) is 10.6 Å². The van der Waals surface area contributed by atoms with Crippen molar-refractivity contribution in [3.8, 4) is 0 Å². The van der Waals surface area contributed by atoms with Crippen LogP contribution in [-0.2, 0) is 4.79 Å². The number of fused-ring (bicyclic) bond motifs is 1. The monoisotopic (exact) mass is 495 g/mol. The molecule has 180 valence electrons. The van der Waals surface area contributed by atoms with Gasteiger partial charge in [-0.05, 0) is 92.3 Å². The van der Waals surface area contributed by atoms with Crippen molar-refractivity contribution in [1.82, 2.24) is 4.90 Å². The Morgan fingerprint density at radius 2 is 1.85 bits per heavy atom. The third-order valence-corrected chi connectivity index (χ3v) is 7.89. The number of amides is 1. The molecule has 34 heavy (non-hydrogen) atoms. The van der Waals surface area contributed by atoms with Crippen LogP contribution in [0.25, 0.3) is 6.08 Å². The highest BCUT2D eigenvalue weighted by Gasteiger charge is 2.37. The second-order valence-corrected chi connectivity index (χ2v) is 11.2. The second-order valence-electron chi connectivity index (χ2n) is 9.80. The molecule has 0 spiro atoms. The Hall–Kier alpha value is -2.24. The maximum absolute atomic E-state index is 13.3. The van der Waals surface area contributed by atoms with Gasteiger partial charge in [0.2, 0.25) is 0 Å². The van der Waals surface area contributed by atoms with Crippen LogP contribution < -0.4 is 4.90 Å². The third kappa shape index (κ3) is 4.92. The summed E-state index contributed by atoms with van der Waals surface area (Å²) in [5.41, 5.74) is 4.37. The van der Waals surface area contributed by atoms with E-state index >= 15 is 0 Å². The molecule has 1 fully saturated rings. The summed E-state index contributed by atoms with van der Waals surface area (Å²) in [7, 11) is 0. The summed E-state index contributed by atoms with van der Waals surface area (Å²) in [5, 5.41) is 1.41. The molecule has 0 aliphatic carbocycles. The maximum atomic E-state index is 13.3. The summed E-state index contributed by atoms with van der Waals surface area (Å²) < 4.78 is 0. The van der Waals surface area contributed by atoms with Gasteiger partial charge in [-0.15, -0.1) is 0 Å². The van der Waals surface area contributed by atoms with Crippen LogP contribution in [0.4, 0.5) is 11.4 Å². The summed E-state index contributed by atoms with van der Waals surface area (Å²) in [6, 6.07) is 14.1. The van der Waals surface area contributed by atoms with Crippen LogP contribution in [0.5, 0.6) is 0 Å². The van der Waals surface area contributed by atoms with E-state index in [9.17, 15) is 4.79 Å². The van der Waals surface area contributed by atoms with Gasteiger partial charge in [-0.2, -0.15) is 0 Å². The molecular weight excluding hydrogens is 462 g/mol. The first-order valence-electron chi connectivity index (χ1n) is 12.2. The van der Waals surface area contributed by atoms with E-state index < -0.39 is 0 Å². The quantitative estimate of drug-likeness (QED) is 0.382. The number of nitrogens with zero attached hydrogens (tertiary/aromatic N) is 3. The average Bonchev–Trinajstić information content (AvgIpc) is 3.07. The lowest BCUT2D eigenvalue weighted by Crippen LogP contribution is -2.48. The first-order valence-corrected chi connectivity index (χ1v) is 13.4. The molecule has 2 aliphatic rings. The molecule has 4 nitrogen and oxygen atoms in total. The molecule has 2 aromatic rings. The summed E-state index contributed by atoms with van der Waals surface area (Å²) in [4.78, 5) is 23.0. The number of thioether (sulfide) groups is 1. The lowest BCUT2D eigenvalue weighted by atomic mass is 9.79. The van der Waals surface area contributed by atoms with Gasteiger partial charge in [-0.25, -0.2) is 4.99 Å². The zero-order valence-electron chi connectivity index (χ0n) is 20.8. The fraction of sp³-hybridized carbons (Fsp3) is 0.429. The Kier molecular flexibility index (Phi) is 7.44. The van der Waals surface area contributed by atoms with Gasteiger partial charge in [0.25, 0.3) is 5.91 Å². The van der Waals surface area contributed by atoms with Crippen LogP contribution in [0.2, 0.25) is 5.02 Å². The number of benzene rings is 2. The van der Waals surface area contributed by atoms with Crippen molar-refractivity contribution in [3.05, 3.63) is 63.5 Å². The number of anilines is 1. The van der Waals surface area contributed by atoms with E-state index in [1.165, 1.54) is 23.0 Å². The van der Waals surface area contributed by atoms with E-state index in [-0.39, 0.29) is 11.4 Å². The summed E-state index contributed by atoms with van der Waals surface area (Å²) in [6.07, 6.45) is 4.99. The highest BCUT2D eigenvalue weighted by molar-refractivity contribution is 8.18. The zero-order chi connectivity index (χ0) is 24.5. The molecule has 0 saturated carbocycles. The fourth-order valence-corrected chi connectivity index (χ4v) is 6.27. The molecule has 0 N–H and O–H groups in total. The number of carbonyl (C=O) groups excluding carboxylic acids is 1. The third-order valence-electron chi connectivity index (χ3n) is 6.55. The van der Waals surface area contributed by atoms with Gasteiger partial charge in [-0.1, -0.05) is 50.6 Å². The van der Waals surface area contributed by atoms with Gasteiger partial charge >= 0.3 is 0 Å². The molecule has 1 atom stereocenters. The molecule has 4 rings (SSSR count). The minimum atomic E-state index is -0.00268. The normalized spacial score (nSPS) is 22.1. The number of aliphatic imine (C=N–C) groups is 1. The van der Waals surface area contributed by atoms with E-state index in [0.717, 1.165) is 42.2 Å². The Morgan fingerprint density at radius 3 is 2.53 bits per heavy atom. The van der Waals surface area contributed by atoms with Crippen LogP contribution in [0.3, 0.4) is 0 Å². The largest absolute Gasteiger partial charge is 0.366 e. The molecule has 2 aliphatic heterocycles. The first-order chi connectivity index (χ1) is 16.2. The standard InChI is InChI=1S/C28H34ClN3OS/c1-6-13-31-26(33)25(34-27(31)30-21-11-9-8-10-12-21)16-20-15-22-19(3)18-28(4,5)32(14-7-2)24(22)17-23(20)29/h8-12,15-17,19H,6-7,13-14,18H2,1-5H3/b25-16+,30-27?. The topological polar surface area (TPSA) is 35.9 Å². The molecular formula is C28H34ClN3OS.